The first kappa shape index (κ1) is 22.4. The van der Waals surface area contributed by atoms with Crippen molar-refractivity contribution in [1.29, 1.82) is 0 Å². The van der Waals surface area contributed by atoms with Crippen LogP contribution in [0.2, 0.25) is 0 Å². The molecule has 174 valence electrons. The molecule has 0 unspecified atom stereocenters. The summed E-state index contributed by atoms with van der Waals surface area (Å²) >= 11 is 0. The quantitative estimate of drug-likeness (QED) is 0.333. The monoisotopic (exact) mass is 462 g/mol. The first-order chi connectivity index (χ1) is 17.1. The van der Waals surface area contributed by atoms with Crippen LogP contribution in [0.25, 0.3) is 33.7 Å². The van der Waals surface area contributed by atoms with E-state index in [-0.39, 0.29) is 0 Å². The van der Waals surface area contributed by atoms with Gasteiger partial charge < -0.3 is 10.7 Å². The number of carbonyl (C=O) groups is 1. The third-order valence-electron chi connectivity index (χ3n) is 5.96. The molecule has 3 N–H and O–H groups in total. The lowest BCUT2D eigenvalue weighted by molar-refractivity contribution is 0.100. The SMILES string of the molecule is CCCCc1cccc(-c2[nH]c(Cc3ccc(C(N)=O)cc3)nc2-c2ccc3nccnc3c2)n1. The minimum atomic E-state index is -0.437. The first-order valence-electron chi connectivity index (χ1n) is 11.8. The zero-order chi connectivity index (χ0) is 24.2. The molecule has 0 saturated carbocycles. The van der Waals surface area contributed by atoms with E-state index in [0.717, 1.165) is 70.0 Å². The van der Waals surface area contributed by atoms with E-state index >= 15 is 0 Å². The van der Waals surface area contributed by atoms with Gasteiger partial charge in [0, 0.05) is 35.6 Å². The average Bonchev–Trinajstić information content (AvgIpc) is 3.31. The number of amides is 1. The molecule has 2 aromatic carbocycles. The molecule has 0 bridgehead atoms. The zero-order valence-electron chi connectivity index (χ0n) is 19.5. The smallest absolute Gasteiger partial charge is 0.248 e. The van der Waals surface area contributed by atoms with Crippen LogP contribution in [0.1, 0.15) is 47.2 Å². The van der Waals surface area contributed by atoms with Gasteiger partial charge in [-0.15, -0.1) is 0 Å². The second-order valence-corrected chi connectivity index (χ2v) is 8.52. The van der Waals surface area contributed by atoms with Crippen molar-refractivity contribution in [2.24, 2.45) is 5.73 Å². The molecular formula is C28H26N6O. The van der Waals surface area contributed by atoms with Crippen molar-refractivity contribution in [3.05, 3.63) is 95.7 Å². The molecule has 0 spiro atoms. The Balaban J connectivity index is 1.57. The van der Waals surface area contributed by atoms with Gasteiger partial charge in [0.25, 0.3) is 0 Å². The maximum absolute atomic E-state index is 11.4. The van der Waals surface area contributed by atoms with Gasteiger partial charge in [0.2, 0.25) is 5.91 Å². The molecular weight excluding hydrogens is 436 g/mol. The Bertz CT molecular complexity index is 1490. The van der Waals surface area contributed by atoms with Gasteiger partial charge in [-0.3, -0.25) is 19.7 Å². The third-order valence-corrected chi connectivity index (χ3v) is 5.96. The maximum atomic E-state index is 11.4. The lowest BCUT2D eigenvalue weighted by Crippen LogP contribution is -2.10. The van der Waals surface area contributed by atoms with Crippen LogP contribution < -0.4 is 5.73 Å². The fourth-order valence-electron chi connectivity index (χ4n) is 4.11. The molecule has 5 rings (SSSR count). The van der Waals surface area contributed by atoms with E-state index in [0.29, 0.717) is 12.0 Å². The van der Waals surface area contributed by atoms with E-state index in [1.54, 1.807) is 24.5 Å². The Morgan fingerprint density at radius 2 is 1.74 bits per heavy atom. The van der Waals surface area contributed by atoms with E-state index in [1.165, 1.54) is 0 Å². The predicted molar refractivity (Wildman–Crippen MR) is 137 cm³/mol. The molecule has 0 saturated heterocycles. The third kappa shape index (κ3) is 4.94. The minimum Gasteiger partial charge on any atom is -0.366 e. The van der Waals surface area contributed by atoms with Crippen LogP contribution in [-0.4, -0.2) is 30.8 Å². The number of H-pyrrole nitrogens is 1. The van der Waals surface area contributed by atoms with Crippen LogP contribution in [0.4, 0.5) is 0 Å². The number of nitrogens with two attached hydrogens (primary N) is 1. The number of aryl methyl sites for hydroxylation is 1. The van der Waals surface area contributed by atoms with E-state index in [2.05, 4.69) is 27.9 Å². The van der Waals surface area contributed by atoms with Gasteiger partial charge in [-0.05, 0) is 54.8 Å². The Kier molecular flexibility index (Phi) is 6.30. The number of hydrogen-bond donors (Lipinski definition) is 2. The van der Waals surface area contributed by atoms with Crippen LogP contribution in [0.15, 0.2) is 73.1 Å². The molecule has 0 aliphatic heterocycles. The minimum absolute atomic E-state index is 0.437. The lowest BCUT2D eigenvalue weighted by atomic mass is 10.1. The molecule has 35 heavy (non-hydrogen) atoms. The normalized spacial score (nSPS) is 11.1. The van der Waals surface area contributed by atoms with Gasteiger partial charge in [0.05, 0.1) is 28.1 Å². The van der Waals surface area contributed by atoms with Crippen molar-refractivity contribution in [1.82, 2.24) is 24.9 Å². The first-order valence-corrected chi connectivity index (χ1v) is 11.8. The molecule has 7 heteroatoms. The summed E-state index contributed by atoms with van der Waals surface area (Å²) in [5.41, 5.74) is 13.1. The summed E-state index contributed by atoms with van der Waals surface area (Å²) in [7, 11) is 0. The van der Waals surface area contributed by atoms with Crippen LogP contribution in [0.3, 0.4) is 0 Å². The van der Waals surface area contributed by atoms with E-state index in [1.807, 2.05) is 42.5 Å². The number of carbonyl (C=O) groups excluding carboxylic acids is 1. The fraction of sp³-hybridized carbons (Fsp3) is 0.179. The van der Waals surface area contributed by atoms with Gasteiger partial charge in [0.15, 0.2) is 0 Å². The summed E-state index contributed by atoms with van der Waals surface area (Å²) in [6, 6.07) is 19.4. The molecule has 0 radical (unpaired) electrons. The number of primary amides is 1. The molecule has 0 aliphatic carbocycles. The van der Waals surface area contributed by atoms with Crippen molar-refractivity contribution in [2.75, 3.05) is 0 Å². The van der Waals surface area contributed by atoms with E-state index < -0.39 is 5.91 Å². The maximum Gasteiger partial charge on any atom is 0.248 e. The number of rotatable bonds is 8. The van der Waals surface area contributed by atoms with Gasteiger partial charge in [0.1, 0.15) is 5.82 Å². The summed E-state index contributed by atoms with van der Waals surface area (Å²) < 4.78 is 0. The number of hydrogen-bond acceptors (Lipinski definition) is 5. The summed E-state index contributed by atoms with van der Waals surface area (Å²) in [6.07, 6.45) is 7.13. The second-order valence-electron chi connectivity index (χ2n) is 8.52. The zero-order valence-corrected chi connectivity index (χ0v) is 19.5. The van der Waals surface area contributed by atoms with Crippen molar-refractivity contribution in [3.8, 4) is 22.6 Å². The van der Waals surface area contributed by atoms with Crippen LogP contribution in [0.5, 0.6) is 0 Å². The topological polar surface area (TPSA) is 110 Å². The highest BCUT2D eigenvalue weighted by Gasteiger charge is 2.17. The largest absolute Gasteiger partial charge is 0.366 e. The van der Waals surface area contributed by atoms with Crippen molar-refractivity contribution in [2.45, 2.75) is 32.6 Å². The fourth-order valence-corrected chi connectivity index (χ4v) is 4.11. The van der Waals surface area contributed by atoms with Gasteiger partial charge in [-0.1, -0.05) is 37.6 Å². The molecule has 0 fully saturated rings. The van der Waals surface area contributed by atoms with Gasteiger partial charge >= 0.3 is 0 Å². The summed E-state index contributed by atoms with van der Waals surface area (Å²) in [4.78, 5) is 33.7. The Labute approximate surface area is 203 Å². The van der Waals surface area contributed by atoms with Gasteiger partial charge in [-0.25, -0.2) is 4.98 Å². The highest BCUT2D eigenvalue weighted by molar-refractivity contribution is 5.92. The summed E-state index contributed by atoms with van der Waals surface area (Å²) in [5, 5.41) is 0. The van der Waals surface area contributed by atoms with Crippen LogP contribution in [-0.2, 0) is 12.8 Å². The standard InChI is InChI=1S/C28H26N6O/c1-2-3-5-21-6-4-7-23(32-21)27-26(20-12-13-22-24(17-20)31-15-14-30-22)33-25(34-27)16-18-8-10-19(11-9-18)28(29)35/h4,6-15,17H,2-3,5,16H2,1H3,(H2,29,35)(H,33,34). The second kappa shape index (κ2) is 9.85. The lowest BCUT2D eigenvalue weighted by Gasteiger charge is -2.06. The van der Waals surface area contributed by atoms with Crippen LogP contribution in [0, 0.1) is 0 Å². The summed E-state index contributed by atoms with van der Waals surface area (Å²) in [5.74, 6) is 0.370. The molecule has 3 aromatic heterocycles. The van der Waals surface area contributed by atoms with Crippen LogP contribution >= 0.6 is 0 Å². The Morgan fingerprint density at radius 1 is 0.943 bits per heavy atom. The molecule has 1 amide bonds. The Hall–Kier alpha value is -4.39. The summed E-state index contributed by atoms with van der Waals surface area (Å²) in [6.45, 7) is 2.18. The number of benzene rings is 2. The number of imidazole rings is 1. The van der Waals surface area contributed by atoms with Gasteiger partial charge in [-0.2, -0.15) is 0 Å². The number of aromatic nitrogens is 5. The number of nitrogens with zero attached hydrogens (tertiary/aromatic N) is 4. The molecule has 5 aromatic rings. The highest BCUT2D eigenvalue weighted by Crippen LogP contribution is 2.31. The number of aromatic amines is 1. The Morgan fingerprint density at radius 3 is 2.51 bits per heavy atom. The molecule has 3 heterocycles. The molecule has 7 nitrogen and oxygen atoms in total. The van der Waals surface area contributed by atoms with Crippen molar-refractivity contribution in [3.63, 3.8) is 0 Å². The van der Waals surface area contributed by atoms with Crippen molar-refractivity contribution >= 4 is 16.9 Å². The number of nitrogens with one attached hydrogen (secondary N) is 1. The molecule has 0 atom stereocenters. The van der Waals surface area contributed by atoms with E-state index in [9.17, 15) is 4.79 Å². The van der Waals surface area contributed by atoms with Crippen molar-refractivity contribution < 1.29 is 4.79 Å². The highest BCUT2D eigenvalue weighted by atomic mass is 16.1. The predicted octanol–water partition coefficient (Wildman–Crippen LogP) is 5.11. The van der Waals surface area contributed by atoms with E-state index in [4.69, 9.17) is 15.7 Å². The average molecular weight is 463 g/mol. The number of fused-ring (bicyclic) bond motifs is 1. The number of pyridine rings is 1. The number of unbranched alkanes of at least 4 members (excludes halogenated alkanes) is 1. The molecule has 0 aliphatic rings.